The Kier molecular flexibility index (Phi) is 2.86. The summed E-state index contributed by atoms with van der Waals surface area (Å²) in [5, 5.41) is 6.57. The molecule has 0 N–H and O–H groups in total. The van der Waals surface area contributed by atoms with Gasteiger partial charge in [-0.25, -0.2) is 4.79 Å². The molecule has 0 fully saturated rings. The highest BCUT2D eigenvalue weighted by Crippen LogP contribution is 2.38. The molecule has 0 radical (unpaired) electrons. The molecule has 25 heavy (non-hydrogen) atoms. The summed E-state index contributed by atoms with van der Waals surface area (Å²) >= 11 is 0. The van der Waals surface area contributed by atoms with Crippen molar-refractivity contribution in [3.63, 3.8) is 0 Å². The van der Waals surface area contributed by atoms with Crippen LogP contribution < -0.4 is 10.4 Å². The molecule has 0 atom stereocenters. The molecular weight excluding hydrogens is 312 g/mol. The number of rotatable bonds is 1. The maximum Gasteiger partial charge on any atom is 0.344 e. The van der Waals surface area contributed by atoms with E-state index in [1.807, 2.05) is 60.7 Å². The highest BCUT2D eigenvalue weighted by Gasteiger charge is 2.15. The Morgan fingerprint density at radius 1 is 0.720 bits per heavy atom. The van der Waals surface area contributed by atoms with Gasteiger partial charge in [0.2, 0.25) is 0 Å². The lowest BCUT2D eigenvalue weighted by molar-refractivity contribution is 0.420. The molecule has 1 heterocycles. The van der Waals surface area contributed by atoms with Crippen molar-refractivity contribution in [1.29, 1.82) is 0 Å². The minimum absolute atomic E-state index is 0.317. The van der Waals surface area contributed by atoms with Gasteiger partial charge in [0.05, 0.1) is 12.5 Å². The summed E-state index contributed by atoms with van der Waals surface area (Å²) in [7, 11) is 1.66. The summed E-state index contributed by atoms with van der Waals surface area (Å²) in [5.74, 6) is 0.770. The summed E-state index contributed by atoms with van der Waals surface area (Å²) in [6.45, 7) is 0. The molecule has 1 aromatic heterocycles. The van der Waals surface area contributed by atoms with Crippen molar-refractivity contribution in [2.24, 2.45) is 0 Å². The van der Waals surface area contributed by atoms with E-state index in [-0.39, 0.29) is 5.63 Å². The molecule has 5 rings (SSSR count). The van der Waals surface area contributed by atoms with E-state index in [9.17, 15) is 4.79 Å². The Labute approximate surface area is 143 Å². The minimum Gasteiger partial charge on any atom is -0.496 e. The predicted octanol–water partition coefficient (Wildman–Crippen LogP) is 5.26. The van der Waals surface area contributed by atoms with E-state index in [1.54, 1.807) is 7.11 Å². The van der Waals surface area contributed by atoms with Crippen molar-refractivity contribution < 1.29 is 9.15 Å². The second kappa shape index (κ2) is 5.08. The Morgan fingerprint density at radius 3 is 2.40 bits per heavy atom. The van der Waals surface area contributed by atoms with Crippen LogP contribution in [0.3, 0.4) is 0 Å². The van der Waals surface area contributed by atoms with E-state index in [4.69, 9.17) is 9.15 Å². The van der Waals surface area contributed by atoms with Crippen LogP contribution in [0.4, 0.5) is 0 Å². The second-order valence-electron chi connectivity index (χ2n) is 6.10. The van der Waals surface area contributed by atoms with Gasteiger partial charge < -0.3 is 9.15 Å². The van der Waals surface area contributed by atoms with Gasteiger partial charge in [-0.3, -0.25) is 0 Å². The van der Waals surface area contributed by atoms with Gasteiger partial charge >= 0.3 is 5.63 Å². The van der Waals surface area contributed by atoms with Crippen LogP contribution in [-0.4, -0.2) is 7.11 Å². The third kappa shape index (κ3) is 1.89. The average Bonchev–Trinajstić information content (AvgIpc) is 2.66. The van der Waals surface area contributed by atoms with Gasteiger partial charge in [0.15, 0.2) is 0 Å². The van der Waals surface area contributed by atoms with Crippen molar-refractivity contribution in [2.45, 2.75) is 0 Å². The molecule has 0 saturated heterocycles. The first-order chi connectivity index (χ1) is 12.3. The first-order valence-electron chi connectivity index (χ1n) is 8.12. The molecule has 0 saturated carbocycles. The second-order valence-corrected chi connectivity index (χ2v) is 6.10. The Hall–Kier alpha value is -3.33. The van der Waals surface area contributed by atoms with E-state index >= 15 is 0 Å². The van der Waals surface area contributed by atoms with E-state index < -0.39 is 0 Å². The van der Waals surface area contributed by atoms with Gasteiger partial charge in [0, 0.05) is 16.2 Å². The zero-order valence-corrected chi connectivity index (χ0v) is 13.6. The van der Waals surface area contributed by atoms with Crippen LogP contribution in [0, 0.1) is 0 Å². The zero-order chi connectivity index (χ0) is 17.0. The fraction of sp³-hybridized carbons (Fsp3) is 0.0455. The minimum atomic E-state index is -0.317. The van der Waals surface area contributed by atoms with Crippen molar-refractivity contribution in [2.75, 3.05) is 7.11 Å². The number of fused-ring (bicyclic) bond motifs is 7. The first kappa shape index (κ1) is 14.1. The number of benzene rings is 4. The fourth-order valence-corrected chi connectivity index (χ4v) is 3.70. The summed E-state index contributed by atoms with van der Waals surface area (Å²) in [4.78, 5) is 12.5. The molecule has 4 aromatic carbocycles. The van der Waals surface area contributed by atoms with E-state index in [2.05, 4.69) is 6.07 Å². The SMILES string of the molecule is COc1cccc2ccc3oc(=O)c4ccc5ccccc5c4c3c12. The third-order valence-corrected chi connectivity index (χ3v) is 4.79. The summed E-state index contributed by atoms with van der Waals surface area (Å²) in [6.07, 6.45) is 0. The van der Waals surface area contributed by atoms with E-state index in [1.165, 1.54) is 0 Å². The normalized spacial score (nSPS) is 11.6. The number of hydrogen-bond donors (Lipinski definition) is 0. The van der Waals surface area contributed by atoms with Crippen molar-refractivity contribution in [3.8, 4) is 5.75 Å². The molecule has 0 aliphatic heterocycles. The quantitative estimate of drug-likeness (QED) is 0.311. The average molecular weight is 326 g/mol. The number of hydrogen-bond acceptors (Lipinski definition) is 3. The first-order valence-corrected chi connectivity index (χ1v) is 8.12. The molecular formula is C22H14O3. The Bertz CT molecular complexity index is 1350. The zero-order valence-electron chi connectivity index (χ0n) is 13.6. The van der Waals surface area contributed by atoms with Crippen molar-refractivity contribution in [1.82, 2.24) is 0 Å². The topological polar surface area (TPSA) is 39.4 Å². The molecule has 120 valence electrons. The lowest BCUT2D eigenvalue weighted by Gasteiger charge is -2.12. The predicted molar refractivity (Wildman–Crippen MR) is 102 cm³/mol. The maximum absolute atomic E-state index is 12.5. The van der Waals surface area contributed by atoms with Crippen LogP contribution in [0.5, 0.6) is 5.75 Å². The summed E-state index contributed by atoms with van der Waals surface area (Å²) in [5.41, 5.74) is 0.258. The molecule has 0 amide bonds. The highest BCUT2D eigenvalue weighted by molar-refractivity contribution is 6.27. The smallest absolute Gasteiger partial charge is 0.344 e. The number of methoxy groups -OCH3 is 1. The van der Waals surface area contributed by atoms with Gasteiger partial charge in [0.25, 0.3) is 0 Å². The van der Waals surface area contributed by atoms with Crippen molar-refractivity contribution in [3.05, 3.63) is 77.2 Å². The van der Waals surface area contributed by atoms with Crippen LogP contribution in [0.25, 0.3) is 43.3 Å². The highest BCUT2D eigenvalue weighted by atomic mass is 16.5. The molecule has 3 heteroatoms. The lowest BCUT2D eigenvalue weighted by Crippen LogP contribution is -2.00. The molecule has 0 aliphatic rings. The van der Waals surface area contributed by atoms with Gasteiger partial charge in [-0.1, -0.05) is 48.5 Å². The Morgan fingerprint density at radius 2 is 1.52 bits per heavy atom. The summed E-state index contributed by atoms with van der Waals surface area (Å²) in [6, 6.07) is 21.7. The largest absolute Gasteiger partial charge is 0.496 e. The standard InChI is InChI=1S/C22H14O3/c1-24-17-8-4-6-14-10-12-18-21(19(14)17)20-15-7-3-2-5-13(15)9-11-16(20)22(23)25-18/h2-12H,1H3. The van der Waals surface area contributed by atoms with Crippen LogP contribution in [0.15, 0.2) is 75.9 Å². The van der Waals surface area contributed by atoms with Gasteiger partial charge in [-0.05, 0) is 34.4 Å². The van der Waals surface area contributed by atoms with Crippen molar-refractivity contribution >= 4 is 43.3 Å². The van der Waals surface area contributed by atoms with Gasteiger partial charge in [0.1, 0.15) is 11.3 Å². The maximum atomic E-state index is 12.5. The fourth-order valence-electron chi connectivity index (χ4n) is 3.70. The van der Waals surface area contributed by atoms with Crippen LogP contribution >= 0.6 is 0 Å². The summed E-state index contributed by atoms with van der Waals surface area (Å²) < 4.78 is 11.2. The van der Waals surface area contributed by atoms with Crippen LogP contribution in [0.1, 0.15) is 0 Å². The van der Waals surface area contributed by atoms with Gasteiger partial charge in [-0.15, -0.1) is 0 Å². The molecule has 0 unspecified atom stereocenters. The number of ether oxygens (including phenoxy) is 1. The molecule has 0 spiro atoms. The van der Waals surface area contributed by atoms with Crippen LogP contribution in [-0.2, 0) is 0 Å². The lowest BCUT2D eigenvalue weighted by atomic mass is 9.96. The van der Waals surface area contributed by atoms with Crippen LogP contribution in [0.2, 0.25) is 0 Å². The van der Waals surface area contributed by atoms with E-state index in [0.717, 1.165) is 38.1 Å². The molecule has 5 aromatic rings. The van der Waals surface area contributed by atoms with E-state index in [0.29, 0.717) is 11.0 Å². The third-order valence-electron chi connectivity index (χ3n) is 4.79. The van der Waals surface area contributed by atoms with Gasteiger partial charge in [-0.2, -0.15) is 0 Å². The monoisotopic (exact) mass is 326 g/mol. The molecule has 0 aliphatic carbocycles. The molecule has 3 nitrogen and oxygen atoms in total. The Balaban J connectivity index is 2.22. The molecule has 0 bridgehead atoms.